The van der Waals surface area contributed by atoms with Gasteiger partial charge in [0.05, 0.1) is 12.0 Å². The highest BCUT2D eigenvalue weighted by molar-refractivity contribution is 7.16. The third kappa shape index (κ3) is 3.24. The molecule has 0 spiro atoms. The number of hydrogen-bond donors (Lipinski definition) is 0. The van der Waals surface area contributed by atoms with E-state index in [1.165, 1.54) is 11.3 Å². The van der Waals surface area contributed by atoms with E-state index in [1.54, 1.807) is 13.2 Å². The maximum Gasteiger partial charge on any atom is 0.363 e. The van der Waals surface area contributed by atoms with Crippen molar-refractivity contribution in [2.24, 2.45) is 10.4 Å². The Hall–Kier alpha value is -1.89. The molecular weight excluding hydrogens is 290 g/mol. The van der Waals surface area contributed by atoms with Crippen LogP contribution in [0.5, 0.6) is 5.88 Å². The molecule has 0 bridgehead atoms. The average molecular weight is 309 g/mol. The van der Waals surface area contributed by atoms with E-state index >= 15 is 0 Å². The Morgan fingerprint density at radius 3 is 2.48 bits per heavy atom. The van der Waals surface area contributed by atoms with Gasteiger partial charge in [-0.15, -0.1) is 0 Å². The number of thiazole rings is 1. The minimum absolute atomic E-state index is 0.271. The second-order valence-corrected chi connectivity index (χ2v) is 6.86. The van der Waals surface area contributed by atoms with Gasteiger partial charge in [-0.2, -0.15) is 4.98 Å². The predicted octanol–water partition coefficient (Wildman–Crippen LogP) is 2.56. The number of hydrogen-bond acceptors (Lipinski definition) is 7. The van der Waals surface area contributed by atoms with Crippen LogP contribution in [-0.4, -0.2) is 38.1 Å². The molecule has 0 N–H and O–H groups in total. The molecule has 0 amide bonds. The number of methoxy groups -OCH3 is 1. The summed E-state index contributed by atoms with van der Waals surface area (Å²) in [6.07, 6.45) is 1.66. The van der Waals surface area contributed by atoms with Gasteiger partial charge >= 0.3 is 5.97 Å². The van der Waals surface area contributed by atoms with Gasteiger partial charge in [-0.25, -0.2) is 9.79 Å². The highest BCUT2D eigenvalue weighted by Crippen LogP contribution is 2.34. The van der Waals surface area contributed by atoms with Crippen molar-refractivity contribution in [2.75, 3.05) is 26.1 Å². The average Bonchev–Trinajstić information content (AvgIpc) is 2.94. The first-order valence-electron chi connectivity index (χ1n) is 6.47. The molecule has 0 saturated heterocycles. The number of cyclic esters (lactones) is 1. The molecule has 0 radical (unpaired) electrons. The number of nitrogens with zero attached hydrogens (tertiary/aromatic N) is 3. The monoisotopic (exact) mass is 309 g/mol. The van der Waals surface area contributed by atoms with E-state index in [4.69, 9.17) is 9.47 Å². The van der Waals surface area contributed by atoms with E-state index in [0.717, 1.165) is 10.0 Å². The second-order valence-electron chi connectivity index (χ2n) is 5.85. The van der Waals surface area contributed by atoms with Gasteiger partial charge in [0.15, 0.2) is 10.8 Å². The lowest BCUT2D eigenvalue weighted by atomic mass is 9.97. The number of esters is 1. The zero-order valence-corrected chi connectivity index (χ0v) is 13.9. The van der Waals surface area contributed by atoms with Crippen molar-refractivity contribution in [3.63, 3.8) is 0 Å². The number of ether oxygens (including phenoxy) is 2. The molecule has 2 rings (SSSR count). The number of carbonyl (C=O) groups excluding carboxylic acids is 1. The van der Waals surface area contributed by atoms with Gasteiger partial charge in [0.2, 0.25) is 11.8 Å². The molecule has 1 aliphatic rings. The minimum atomic E-state index is -0.443. The Bertz CT molecular complexity index is 624. The van der Waals surface area contributed by atoms with Crippen molar-refractivity contribution in [2.45, 2.75) is 20.8 Å². The Labute approximate surface area is 128 Å². The summed E-state index contributed by atoms with van der Waals surface area (Å²) in [5, 5.41) is 0.796. The molecule has 0 unspecified atom stereocenters. The van der Waals surface area contributed by atoms with Gasteiger partial charge in [0.25, 0.3) is 0 Å². The first-order chi connectivity index (χ1) is 9.72. The number of rotatable bonds is 3. The van der Waals surface area contributed by atoms with E-state index in [-0.39, 0.29) is 11.1 Å². The van der Waals surface area contributed by atoms with E-state index in [1.807, 2.05) is 39.8 Å². The lowest BCUT2D eigenvalue weighted by Crippen LogP contribution is -2.21. The van der Waals surface area contributed by atoms with Crippen LogP contribution >= 0.6 is 11.3 Å². The highest BCUT2D eigenvalue weighted by atomic mass is 32.1. The summed E-state index contributed by atoms with van der Waals surface area (Å²) in [5.41, 5.74) is -0.0372. The van der Waals surface area contributed by atoms with Crippen LogP contribution in [0.15, 0.2) is 10.7 Å². The lowest BCUT2D eigenvalue weighted by molar-refractivity contribution is -0.130. The Morgan fingerprint density at radius 2 is 2.00 bits per heavy atom. The normalized spacial score (nSPS) is 17.0. The molecule has 21 heavy (non-hydrogen) atoms. The lowest BCUT2D eigenvalue weighted by Gasteiger charge is -2.15. The van der Waals surface area contributed by atoms with Crippen LogP contribution in [0.2, 0.25) is 0 Å². The fourth-order valence-electron chi connectivity index (χ4n) is 1.59. The van der Waals surface area contributed by atoms with Crippen molar-refractivity contribution in [1.82, 2.24) is 4.98 Å². The molecule has 1 aromatic heterocycles. The third-order valence-corrected chi connectivity index (χ3v) is 3.87. The standard InChI is InChI=1S/C14H19N3O3S/c1-14(2,3)12-15-8(11(18)20-12)7-9-10(19-6)16-13(21-9)17(4)5/h7H,1-6H3. The molecule has 1 aliphatic heterocycles. The van der Waals surface area contributed by atoms with Gasteiger partial charge in [0, 0.05) is 19.5 Å². The Morgan fingerprint density at radius 1 is 1.33 bits per heavy atom. The van der Waals surface area contributed by atoms with Crippen molar-refractivity contribution < 1.29 is 14.3 Å². The van der Waals surface area contributed by atoms with E-state index in [2.05, 4.69) is 9.98 Å². The minimum Gasteiger partial charge on any atom is -0.480 e. The summed E-state index contributed by atoms with van der Waals surface area (Å²) >= 11 is 1.43. The third-order valence-electron chi connectivity index (χ3n) is 2.72. The summed E-state index contributed by atoms with van der Waals surface area (Å²) in [6.45, 7) is 5.83. The van der Waals surface area contributed by atoms with Crippen molar-refractivity contribution in [3.8, 4) is 5.88 Å². The fourth-order valence-corrected chi connectivity index (χ4v) is 2.48. The number of aliphatic imine (C=N–C) groups is 1. The molecule has 0 aromatic carbocycles. The number of aromatic nitrogens is 1. The van der Waals surface area contributed by atoms with Gasteiger partial charge in [0.1, 0.15) is 0 Å². The van der Waals surface area contributed by atoms with Crippen LogP contribution in [-0.2, 0) is 9.53 Å². The zero-order chi connectivity index (χ0) is 15.8. The molecule has 7 heteroatoms. The topological polar surface area (TPSA) is 64.0 Å². The fraction of sp³-hybridized carbons (Fsp3) is 0.500. The van der Waals surface area contributed by atoms with Crippen molar-refractivity contribution >= 4 is 34.4 Å². The maximum atomic E-state index is 11.9. The molecule has 0 atom stereocenters. The van der Waals surface area contributed by atoms with Crippen LogP contribution in [0.4, 0.5) is 5.13 Å². The highest BCUT2D eigenvalue weighted by Gasteiger charge is 2.32. The molecule has 6 nitrogen and oxygen atoms in total. The molecule has 2 heterocycles. The molecule has 0 aliphatic carbocycles. The van der Waals surface area contributed by atoms with Crippen molar-refractivity contribution in [1.29, 1.82) is 0 Å². The van der Waals surface area contributed by atoms with E-state index < -0.39 is 5.97 Å². The molecule has 0 saturated carbocycles. The van der Waals surface area contributed by atoms with Gasteiger partial charge in [-0.05, 0) is 6.08 Å². The van der Waals surface area contributed by atoms with Crippen LogP contribution in [0.25, 0.3) is 6.08 Å². The van der Waals surface area contributed by atoms with Gasteiger partial charge < -0.3 is 14.4 Å². The van der Waals surface area contributed by atoms with E-state index in [9.17, 15) is 4.79 Å². The Kier molecular flexibility index (Phi) is 4.04. The maximum absolute atomic E-state index is 11.9. The summed E-state index contributed by atoms with van der Waals surface area (Å²) in [6, 6.07) is 0. The molecule has 1 aromatic rings. The second kappa shape index (κ2) is 5.48. The first-order valence-corrected chi connectivity index (χ1v) is 7.29. The van der Waals surface area contributed by atoms with Gasteiger partial charge in [-0.3, -0.25) is 0 Å². The van der Waals surface area contributed by atoms with Crippen LogP contribution < -0.4 is 9.64 Å². The van der Waals surface area contributed by atoms with Gasteiger partial charge in [-0.1, -0.05) is 32.1 Å². The summed E-state index contributed by atoms with van der Waals surface area (Å²) in [7, 11) is 5.34. The van der Waals surface area contributed by atoms with Crippen LogP contribution in [0.3, 0.4) is 0 Å². The SMILES string of the molecule is COc1nc(N(C)C)sc1C=C1N=C(C(C)(C)C)OC1=O. The Balaban J connectivity index is 2.40. The molecular formula is C14H19N3O3S. The zero-order valence-electron chi connectivity index (χ0n) is 13.1. The number of anilines is 1. The quantitative estimate of drug-likeness (QED) is 0.634. The van der Waals surface area contributed by atoms with Crippen molar-refractivity contribution in [3.05, 3.63) is 10.6 Å². The smallest absolute Gasteiger partial charge is 0.363 e. The van der Waals surface area contributed by atoms with Crippen LogP contribution in [0, 0.1) is 5.41 Å². The first kappa shape index (κ1) is 15.5. The summed E-state index contributed by atoms with van der Waals surface area (Å²) in [4.78, 5) is 23.1. The largest absolute Gasteiger partial charge is 0.480 e. The summed E-state index contributed by atoms with van der Waals surface area (Å²) < 4.78 is 10.5. The summed E-state index contributed by atoms with van der Waals surface area (Å²) in [5.74, 6) is 0.459. The van der Waals surface area contributed by atoms with Crippen LogP contribution in [0.1, 0.15) is 25.6 Å². The predicted molar refractivity (Wildman–Crippen MR) is 84.0 cm³/mol. The molecule has 0 fully saturated rings. The number of carbonyl (C=O) groups is 1. The molecule has 114 valence electrons. The van der Waals surface area contributed by atoms with E-state index in [0.29, 0.717) is 11.8 Å².